The maximum atomic E-state index is 12.7. The first-order chi connectivity index (χ1) is 14.3. The normalized spacial score (nSPS) is 14.5. The first kappa shape index (κ1) is 21.7. The van der Waals surface area contributed by atoms with Gasteiger partial charge in [-0.2, -0.15) is 13.2 Å². The fourth-order valence-electron chi connectivity index (χ4n) is 3.31. The van der Waals surface area contributed by atoms with E-state index in [9.17, 15) is 22.8 Å². The van der Waals surface area contributed by atoms with Crippen LogP contribution in [0.3, 0.4) is 0 Å². The van der Waals surface area contributed by atoms with E-state index < -0.39 is 11.7 Å². The Morgan fingerprint density at radius 2 is 1.53 bits per heavy atom. The van der Waals surface area contributed by atoms with Gasteiger partial charge in [-0.05, 0) is 42.3 Å². The van der Waals surface area contributed by atoms with Crippen molar-refractivity contribution < 1.29 is 27.5 Å². The molecule has 0 saturated carbocycles. The van der Waals surface area contributed by atoms with Gasteiger partial charge in [0.1, 0.15) is 5.75 Å². The van der Waals surface area contributed by atoms with Gasteiger partial charge in [0, 0.05) is 31.7 Å². The van der Waals surface area contributed by atoms with Gasteiger partial charge in [-0.25, -0.2) is 0 Å². The molecule has 1 aliphatic rings. The molecule has 0 aliphatic carbocycles. The Morgan fingerprint density at radius 1 is 0.933 bits per heavy atom. The molecule has 1 fully saturated rings. The molecule has 0 aromatic heterocycles. The van der Waals surface area contributed by atoms with Gasteiger partial charge >= 0.3 is 6.18 Å². The molecule has 160 valence electrons. The molecule has 1 heterocycles. The predicted octanol–water partition coefficient (Wildman–Crippen LogP) is 3.63. The molecule has 0 radical (unpaired) electrons. The molecule has 0 bridgehead atoms. The van der Waals surface area contributed by atoms with Gasteiger partial charge in [-0.15, -0.1) is 0 Å². The number of halogens is 3. The van der Waals surface area contributed by atoms with Crippen LogP contribution in [-0.4, -0.2) is 54.4 Å². The zero-order valence-electron chi connectivity index (χ0n) is 16.6. The average molecular weight is 420 g/mol. The Hall–Kier alpha value is -3.03. The number of hydrogen-bond acceptors (Lipinski definition) is 3. The molecule has 30 heavy (non-hydrogen) atoms. The van der Waals surface area contributed by atoms with Crippen LogP contribution < -0.4 is 4.74 Å². The Morgan fingerprint density at radius 3 is 2.13 bits per heavy atom. The summed E-state index contributed by atoms with van der Waals surface area (Å²) in [5.41, 5.74) is 0.429. The molecule has 5 nitrogen and oxygen atoms in total. The van der Waals surface area contributed by atoms with Crippen LogP contribution in [0, 0.1) is 0 Å². The molecule has 0 N–H and O–H groups in total. The molecule has 2 amide bonds. The van der Waals surface area contributed by atoms with Crippen LogP contribution in [0.4, 0.5) is 13.2 Å². The molecule has 0 spiro atoms. The topological polar surface area (TPSA) is 49.9 Å². The highest BCUT2D eigenvalue weighted by Gasteiger charge is 2.31. The Labute approximate surface area is 173 Å². The van der Waals surface area contributed by atoms with Crippen LogP contribution in [-0.2, 0) is 17.4 Å². The molecule has 2 aromatic carbocycles. The van der Waals surface area contributed by atoms with E-state index >= 15 is 0 Å². The molecule has 3 rings (SSSR count). The van der Waals surface area contributed by atoms with E-state index in [0.717, 1.165) is 24.1 Å². The Balaban J connectivity index is 1.51. The zero-order chi connectivity index (χ0) is 21.7. The number of rotatable bonds is 5. The van der Waals surface area contributed by atoms with Crippen LogP contribution in [0.1, 0.15) is 28.4 Å². The number of amides is 2. The third-order valence-electron chi connectivity index (χ3n) is 5.08. The molecule has 2 aromatic rings. The molecule has 1 saturated heterocycles. The van der Waals surface area contributed by atoms with Crippen LogP contribution in [0.25, 0.3) is 0 Å². The number of ether oxygens (including phenoxy) is 1. The zero-order valence-corrected chi connectivity index (χ0v) is 16.6. The Bertz CT molecular complexity index is 889. The van der Waals surface area contributed by atoms with E-state index in [1.807, 2.05) is 31.2 Å². The molecule has 0 unspecified atom stereocenters. The third kappa shape index (κ3) is 5.11. The molecule has 0 atom stereocenters. The lowest BCUT2D eigenvalue weighted by Crippen LogP contribution is -2.51. The minimum Gasteiger partial charge on any atom is -0.483 e. The lowest BCUT2D eigenvalue weighted by molar-refractivity contribution is -0.137. The summed E-state index contributed by atoms with van der Waals surface area (Å²) in [5.74, 6) is 0.177. The van der Waals surface area contributed by atoms with Crippen LogP contribution >= 0.6 is 0 Å². The maximum absolute atomic E-state index is 12.7. The highest BCUT2D eigenvalue weighted by Crippen LogP contribution is 2.29. The van der Waals surface area contributed by atoms with E-state index in [2.05, 4.69) is 0 Å². The largest absolute Gasteiger partial charge is 0.483 e. The van der Waals surface area contributed by atoms with Gasteiger partial charge in [-0.3, -0.25) is 9.59 Å². The van der Waals surface area contributed by atoms with Crippen molar-refractivity contribution in [2.45, 2.75) is 19.5 Å². The summed E-state index contributed by atoms with van der Waals surface area (Å²) in [6.07, 6.45) is -3.64. The average Bonchev–Trinajstić information content (AvgIpc) is 2.76. The lowest BCUT2D eigenvalue weighted by atomic mass is 10.1. The van der Waals surface area contributed by atoms with Crippen molar-refractivity contribution in [1.29, 1.82) is 0 Å². The highest BCUT2D eigenvalue weighted by atomic mass is 19.4. The first-order valence-corrected chi connectivity index (χ1v) is 9.74. The molecule has 1 aliphatic heterocycles. The van der Waals surface area contributed by atoms with E-state index in [-0.39, 0.29) is 24.0 Å². The number of carbonyl (C=O) groups is 2. The first-order valence-electron chi connectivity index (χ1n) is 9.74. The Kier molecular flexibility index (Phi) is 6.64. The fraction of sp³-hybridized carbons (Fsp3) is 0.364. The van der Waals surface area contributed by atoms with Gasteiger partial charge in [-0.1, -0.05) is 25.1 Å². The van der Waals surface area contributed by atoms with Gasteiger partial charge < -0.3 is 14.5 Å². The summed E-state index contributed by atoms with van der Waals surface area (Å²) in [6, 6.07) is 11.7. The van der Waals surface area contributed by atoms with E-state index in [1.54, 1.807) is 9.80 Å². The molecular weight excluding hydrogens is 397 g/mol. The second kappa shape index (κ2) is 9.19. The summed E-state index contributed by atoms with van der Waals surface area (Å²) in [5, 5.41) is 0. The van der Waals surface area contributed by atoms with Crippen molar-refractivity contribution in [2.24, 2.45) is 0 Å². The van der Waals surface area contributed by atoms with Gasteiger partial charge in [0.25, 0.3) is 11.8 Å². The highest BCUT2D eigenvalue weighted by molar-refractivity contribution is 5.94. The van der Waals surface area contributed by atoms with E-state index in [0.29, 0.717) is 31.9 Å². The fourth-order valence-corrected chi connectivity index (χ4v) is 3.31. The maximum Gasteiger partial charge on any atom is 0.416 e. The minimum absolute atomic E-state index is 0.0795. The summed E-state index contributed by atoms with van der Waals surface area (Å²) in [6.45, 7) is 3.27. The van der Waals surface area contributed by atoms with Crippen molar-refractivity contribution in [1.82, 2.24) is 9.80 Å². The van der Waals surface area contributed by atoms with Crippen LogP contribution in [0.15, 0.2) is 48.5 Å². The smallest absolute Gasteiger partial charge is 0.416 e. The minimum atomic E-state index is -4.44. The summed E-state index contributed by atoms with van der Waals surface area (Å²) >= 11 is 0. The second-order valence-electron chi connectivity index (χ2n) is 7.00. The van der Waals surface area contributed by atoms with Crippen molar-refractivity contribution >= 4 is 11.8 Å². The number of carbonyl (C=O) groups excluding carboxylic acids is 2. The summed E-state index contributed by atoms with van der Waals surface area (Å²) in [7, 11) is 0. The van der Waals surface area contributed by atoms with Gasteiger partial charge in [0.15, 0.2) is 6.61 Å². The predicted molar refractivity (Wildman–Crippen MR) is 105 cm³/mol. The van der Waals surface area contributed by atoms with Crippen molar-refractivity contribution in [2.75, 3.05) is 32.8 Å². The van der Waals surface area contributed by atoms with Crippen molar-refractivity contribution in [3.8, 4) is 5.75 Å². The molecule has 8 heteroatoms. The number of para-hydroxylation sites is 1. The third-order valence-corrected chi connectivity index (χ3v) is 5.08. The van der Waals surface area contributed by atoms with E-state index in [1.165, 1.54) is 12.1 Å². The van der Waals surface area contributed by atoms with Crippen LogP contribution in [0.5, 0.6) is 5.75 Å². The monoisotopic (exact) mass is 420 g/mol. The molecular formula is C22H23F3N2O3. The quantitative estimate of drug-likeness (QED) is 0.742. The second-order valence-corrected chi connectivity index (χ2v) is 7.00. The van der Waals surface area contributed by atoms with E-state index in [4.69, 9.17) is 4.74 Å². The summed E-state index contributed by atoms with van der Waals surface area (Å²) < 4.78 is 43.7. The number of piperazine rings is 1. The van der Waals surface area contributed by atoms with Crippen LogP contribution in [0.2, 0.25) is 0 Å². The number of aryl methyl sites for hydroxylation is 1. The summed E-state index contributed by atoms with van der Waals surface area (Å²) in [4.78, 5) is 28.1. The SMILES string of the molecule is CCc1ccccc1OCC(=O)N1CCN(C(=O)c2ccc(C(F)(F)F)cc2)CC1. The number of nitrogens with zero attached hydrogens (tertiary/aromatic N) is 2. The van der Waals surface area contributed by atoms with Gasteiger partial charge in [0.05, 0.1) is 5.56 Å². The van der Waals surface area contributed by atoms with Crippen molar-refractivity contribution in [3.05, 3.63) is 65.2 Å². The number of benzene rings is 2. The number of alkyl halides is 3. The number of hydrogen-bond donors (Lipinski definition) is 0. The standard InChI is InChI=1S/C22H23F3N2O3/c1-2-16-5-3-4-6-19(16)30-15-20(28)26-11-13-27(14-12-26)21(29)17-7-9-18(10-8-17)22(23,24)25/h3-10H,2,11-15H2,1H3. The lowest BCUT2D eigenvalue weighted by Gasteiger charge is -2.34. The van der Waals surface area contributed by atoms with Crippen molar-refractivity contribution in [3.63, 3.8) is 0 Å². The van der Waals surface area contributed by atoms with Gasteiger partial charge in [0.2, 0.25) is 0 Å².